The van der Waals surface area contributed by atoms with Gasteiger partial charge in [-0.3, -0.25) is 9.59 Å². The van der Waals surface area contributed by atoms with Crippen molar-refractivity contribution in [1.82, 2.24) is 10.2 Å². The number of hydrogen-bond donors (Lipinski definition) is 2. The highest BCUT2D eigenvalue weighted by Crippen LogP contribution is 2.30. The molecule has 2 aromatic rings. The van der Waals surface area contributed by atoms with E-state index in [2.05, 4.69) is 20.8 Å². The van der Waals surface area contributed by atoms with Crippen molar-refractivity contribution in [2.75, 3.05) is 16.4 Å². The maximum atomic E-state index is 12.2. The number of aromatic nitrogens is 2. The van der Waals surface area contributed by atoms with Gasteiger partial charge in [-0.2, -0.15) is 0 Å². The SMILES string of the molecule is CCC(=O)Nc1ccc(C(=O)CSc2nnc(NC3CC3)s2)cc1. The van der Waals surface area contributed by atoms with E-state index in [1.165, 1.54) is 35.9 Å². The molecular weight excluding hydrogens is 344 g/mol. The van der Waals surface area contributed by atoms with Gasteiger partial charge in [-0.1, -0.05) is 30.0 Å². The minimum atomic E-state index is -0.0449. The molecule has 24 heavy (non-hydrogen) atoms. The Hall–Kier alpha value is -1.93. The van der Waals surface area contributed by atoms with Gasteiger partial charge in [0.05, 0.1) is 5.75 Å². The van der Waals surface area contributed by atoms with Crippen molar-refractivity contribution >= 4 is 45.6 Å². The van der Waals surface area contributed by atoms with Gasteiger partial charge in [-0.15, -0.1) is 10.2 Å². The molecular formula is C16H18N4O2S2. The summed E-state index contributed by atoms with van der Waals surface area (Å²) >= 11 is 2.88. The Morgan fingerprint density at radius 2 is 2.00 bits per heavy atom. The number of ketones is 1. The monoisotopic (exact) mass is 362 g/mol. The van der Waals surface area contributed by atoms with Gasteiger partial charge in [0.15, 0.2) is 10.1 Å². The second-order valence-corrected chi connectivity index (χ2v) is 7.68. The number of rotatable bonds is 8. The Kier molecular flexibility index (Phi) is 5.47. The number of nitrogens with one attached hydrogen (secondary N) is 2. The molecule has 8 heteroatoms. The van der Waals surface area contributed by atoms with Crippen LogP contribution in [-0.2, 0) is 4.79 Å². The molecule has 1 heterocycles. The molecule has 6 nitrogen and oxygen atoms in total. The number of benzene rings is 1. The Morgan fingerprint density at radius 1 is 1.25 bits per heavy atom. The van der Waals surface area contributed by atoms with Crippen molar-refractivity contribution in [3.05, 3.63) is 29.8 Å². The predicted molar refractivity (Wildman–Crippen MR) is 97.0 cm³/mol. The van der Waals surface area contributed by atoms with Crippen LogP contribution in [0, 0.1) is 0 Å². The van der Waals surface area contributed by atoms with Crippen molar-refractivity contribution in [3.63, 3.8) is 0 Å². The van der Waals surface area contributed by atoms with E-state index in [9.17, 15) is 9.59 Å². The van der Waals surface area contributed by atoms with Crippen LogP contribution in [0.3, 0.4) is 0 Å². The van der Waals surface area contributed by atoms with Gasteiger partial charge in [0.2, 0.25) is 11.0 Å². The second kappa shape index (κ2) is 7.76. The summed E-state index contributed by atoms with van der Waals surface area (Å²) in [5, 5.41) is 15.0. The van der Waals surface area contributed by atoms with Crippen LogP contribution in [0.4, 0.5) is 10.8 Å². The Balaban J connectivity index is 1.50. The minimum absolute atomic E-state index is 0.0280. The van der Waals surface area contributed by atoms with E-state index in [1.807, 2.05) is 0 Å². The number of amides is 1. The van der Waals surface area contributed by atoms with Crippen molar-refractivity contribution in [2.24, 2.45) is 0 Å². The van der Waals surface area contributed by atoms with Gasteiger partial charge in [-0.25, -0.2) is 0 Å². The summed E-state index contributed by atoms with van der Waals surface area (Å²) in [6, 6.07) is 7.49. The largest absolute Gasteiger partial charge is 0.357 e. The molecule has 1 aromatic carbocycles. The smallest absolute Gasteiger partial charge is 0.224 e. The summed E-state index contributed by atoms with van der Waals surface area (Å²) in [4.78, 5) is 23.6. The normalized spacial score (nSPS) is 13.5. The van der Waals surface area contributed by atoms with Crippen LogP contribution in [0.25, 0.3) is 0 Å². The van der Waals surface area contributed by atoms with Crippen LogP contribution in [0.5, 0.6) is 0 Å². The molecule has 126 valence electrons. The molecule has 0 saturated heterocycles. The lowest BCUT2D eigenvalue weighted by Crippen LogP contribution is -2.09. The van der Waals surface area contributed by atoms with Crippen molar-refractivity contribution < 1.29 is 9.59 Å². The maximum Gasteiger partial charge on any atom is 0.224 e. The Bertz CT molecular complexity index is 726. The van der Waals surface area contributed by atoms with E-state index >= 15 is 0 Å². The maximum absolute atomic E-state index is 12.2. The molecule has 1 aliphatic rings. The number of nitrogens with zero attached hydrogens (tertiary/aromatic N) is 2. The van der Waals surface area contributed by atoms with Crippen molar-refractivity contribution in [3.8, 4) is 0 Å². The van der Waals surface area contributed by atoms with Crippen LogP contribution in [-0.4, -0.2) is 33.7 Å². The highest BCUT2D eigenvalue weighted by molar-refractivity contribution is 8.01. The molecule has 1 amide bonds. The molecule has 0 radical (unpaired) electrons. The molecule has 0 atom stereocenters. The fraction of sp³-hybridized carbons (Fsp3) is 0.375. The lowest BCUT2D eigenvalue weighted by molar-refractivity contribution is -0.115. The molecule has 0 unspecified atom stereocenters. The molecule has 0 spiro atoms. The summed E-state index contributed by atoms with van der Waals surface area (Å²) < 4.78 is 0.790. The standard InChI is InChI=1S/C16H18N4O2S2/c1-2-14(22)17-11-5-3-10(4-6-11)13(21)9-23-16-20-19-15(24-16)18-12-7-8-12/h3-6,12H,2,7-9H2,1H3,(H,17,22)(H,18,19). The van der Waals surface area contributed by atoms with Gasteiger partial charge in [0, 0.05) is 23.7 Å². The van der Waals surface area contributed by atoms with E-state index in [0.29, 0.717) is 29.5 Å². The van der Waals surface area contributed by atoms with Gasteiger partial charge in [-0.05, 0) is 37.1 Å². The summed E-state index contributed by atoms with van der Waals surface area (Å²) in [5.41, 5.74) is 1.32. The number of thioether (sulfide) groups is 1. The highest BCUT2D eigenvalue weighted by atomic mass is 32.2. The zero-order chi connectivity index (χ0) is 16.9. The first kappa shape index (κ1) is 16.9. The van der Waals surface area contributed by atoms with E-state index < -0.39 is 0 Å². The fourth-order valence-corrected chi connectivity index (χ4v) is 3.65. The predicted octanol–water partition coefficient (Wildman–Crippen LogP) is 3.44. The van der Waals surface area contributed by atoms with Crippen LogP contribution < -0.4 is 10.6 Å². The lowest BCUT2D eigenvalue weighted by atomic mass is 10.1. The number of hydrogen-bond acceptors (Lipinski definition) is 7. The van der Waals surface area contributed by atoms with Gasteiger partial charge in [0.1, 0.15) is 0 Å². The van der Waals surface area contributed by atoms with Crippen molar-refractivity contribution in [2.45, 2.75) is 36.6 Å². The van der Waals surface area contributed by atoms with Gasteiger partial charge in [0.25, 0.3) is 0 Å². The van der Waals surface area contributed by atoms with Crippen LogP contribution in [0.15, 0.2) is 28.6 Å². The minimum Gasteiger partial charge on any atom is -0.357 e. The molecule has 1 fully saturated rings. The van der Waals surface area contributed by atoms with Crippen LogP contribution >= 0.6 is 23.1 Å². The third-order valence-electron chi connectivity index (χ3n) is 3.45. The summed E-state index contributed by atoms with van der Waals surface area (Å²) in [6.07, 6.45) is 2.81. The molecule has 1 aliphatic carbocycles. The van der Waals surface area contributed by atoms with Crippen LogP contribution in [0.2, 0.25) is 0 Å². The molecule has 1 aromatic heterocycles. The number of anilines is 2. The topological polar surface area (TPSA) is 84.0 Å². The lowest BCUT2D eigenvalue weighted by Gasteiger charge is -2.04. The second-order valence-electron chi connectivity index (χ2n) is 5.48. The van der Waals surface area contributed by atoms with E-state index in [0.717, 1.165) is 9.47 Å². The quantitative estimate of drug-likeness (QED) is 0.553. The molecule has 0 aliphatic heterocycles. The third kappa shape index (κ3) is 4.78. The Morgan fingerprint density at radius 3 is 2.67 bits per heavy atom. The summed E-state index contributed by atoms with van der Waals surface area (Å²) in [7, 11) is 0. The third-order valence-corrected chi connectivity index (χ3v) is 5.44. The first-order chi connectivity index (χ1) is 11.6. The van der Waals surface area contributed by atoms with Crippen molar-refractivity contribution in [1.29, 1.82) is 0 Å². The summed E-state index contributed by atoms with van der Waals surface area (Å²) in [6.45, 7) is 1.80. The van der Waals surface area contributed by atoms with E-state index in [1.54, 1.807) is 31.2 Å². The molecule has 2 N–H and O–H groups in total. The fourth-order valence-electron chi connectivity index (χ4n) is 1.93. The number of carbonyl (C=O) groups excluding carboxylic acids is 2. The molecule has 0 bridgehead atoms. The Labute approximate surface area is 148 Å². The highest BCUT2D eigenvalue weighted by Gasteiger charge is 2.22. The van der Waals surface area contributed by atoms with E-state index in [4.69, 9.17) is 0 Å². The number of carbonyl (C=O) groups is 2. The zero-order valence-corrected chi connectivity index (χ0v) is 14.9. The van der Waals surface area contributed by atoms with Crippen LogP contribution in [0.1, 0.15) is 36.5 Å². The average molecular weight is 362 g/mol. The zero-order valence-electron chi connectivity index (χ0n) is 13.2. The number of Topliss-reactive ketones (excluding diaryl/α,β-unsaturated/α-hetero) is 1. The van der Waals surface area contributed by atoms with Gasteiger partial charge < -0.3 is 10.6 Å². The molecule has 1 saturated carbocycles. The van der Waals surface area contributed by atoms with Gasteiger partial charge >= 0.3 is 0 Å². The first-order valence-corrected chi connectivity index (χ1v) is 9.60. The molecule has 3 rings (SSSR count). The van der Waals surface area contributed by atoms with E-state index in [-0.39, 0.29) is 11.7 Å². The average Bonchev–Trinajstić information content (AvgIpc) is 3.29. The summed E-state index contributed by atoms with van der Waals surface area (Å²) in [5.74, 6) is 0.301. The first-order valence-electron chi connectivity index (χ1n) is 7.80.